The lowest BCUT2D eigenvalue weighted by Crippen LogP contribution is -1.89. The summed E-state index contributed by atoms with van der Waals surface area (Å²) in [5.41, 5.74) is 6.47. The van der Waals surface area contributed by atoms with Gasteiger partial charge in [-0.15, -0.1) is 11.2 Å². The summed E-state index contributed by atoms with van der Waals surface area (Å²) >= 11 is 0. The number of hydrogen-bond donors (Lipinski definition) is 0. The largest absolute Gasteiger partial charge is 0.117 e. The summed E-state index contributed by atoms with van der Waals surface area (Å²) in [6.07, 6.45) is 8.06. The lowest BCUT2D eigenvalue weighted by Gasteiger charge is -2.05. The van der Waals surface area contributed by atoms with E-state index in [4.69, 9.17) is 7.85 Å². The molecule has 0 aliphatic heterocycles. The van der Waals surface area contributed by atoms with Gasteiger partial charge < -0.3 is 0 Å². The highest BCUT2D eigenvalue weighted by atomic mass is 14.0. The van der Waals surface area contributed by atoms with Crippen molar-refractivity contribution in [1.29, 1.82) is 0 Å². The van der Waals surface area contributed by atoms with E-state index >= 15 is 0 Å². The molecule has 0 heterocycles. The summed E-state index contributed by atoms with van der Waals surface area (Å²) in [5.74, 6) is 0. The van der Waals surface area contributed by atoms with Crippen molar-refractivity contribution in [3.8, 4) is 0 Å². The Kier molecular flexibility index (Phi) is 3.19. The van der Waals surface area contributed by atoms with E-state index < -0.39 is 0 Å². The molecule has 1 aliphatic carbocycles. The Morgan fingerprint density at radius 3 is 2.92 bits per heavy atom. The van der Waals surface area contributed by atoms with Crippen molar-refractivity contribution in [3.63, 3.8) is 0 Å². The molecule has 0 aromatic rings. The van der Waals surface area contributed by atoms with Crippen LogP contribution in [0.4, 0.5) is 0 Å². The highest BCUT2D eigenvalue weighted by Crippen LogP contribution is 2.15. The number of hydrogen-bond acceptors (Lipinski definition) is 0. The maximum atomic E-state index is 5.88. The summed E-state index contributed by atoms with van der Waals surface area (Å²) in [5, 5.41) is 0. The van der Waals surface area contributed by atoms with Gasteiger partial charge >= 0.3 is 0 Å². The predicted molar refractivity (Wildman–Crippen MR) is 54.1 cm³/mol. The molecule has 0 aromatic carbocycles. The summed E-state index contributed by atoms with van der Waals surface area (Å²) in [6.45, 7) is 4.09. The highest BCUT2D eigenvalue weighted by molar-refractivity contribution is 6.22. The zero-order valence-electron chi connectivity index (χ0n) is 7.72. The van der Waals surface area contributed by atoms with Crippen LogP contribution in [0.1, 0.15) is 26.7 Å². The van der Waals surface area contributed by atoms with Gasteiger partial charge in [-0.2, -0.15) is 0 Å². The van der Waals surface area contributed by atoms with E-state index in [0.717, 1.165) is 23.9 Å². The first-order valence-electron chi connectivity index (χ1n) is 4.26. The quantitative estimate of drug-likeness (QED) is 0.373. The third-order valence-electron chi connectivity index (χ3n) is 2.16. The van der Waals surface area contributed by atoms with Gasteiger partial charge in [0, 0.05) is 0 Å². The maximum absolute atomic E-state index is 5.88. The van der Waals surface area contributed by atoms with Crippen LogP contribution < -0.4 is 0 Å². The molecule has 1 heteroatoms. The smallest absolute Gasteiger partial charge is 0.108 e. The van der Waals surface area contributed by atoms with Crippen LogP contribution in [-0.4, -0.2) is 7.85 Å². The fraction of sp³-hybridized carbons (Fsp3) is 0.364. The molecule has 1 rings (SSSR count). The molecule has 1 aliphatic rings. The lowest BCUT2D eigenvalue weighted by atomic mass is 9.85. The number of rotatable bonds is 0. The first-order valence-corrected chi connectivity index (χ1v) is 4.26. The van der Waals surface area contributed by atoms with Crippen molar-refractivity contribution in [2.75, 3.05) is 0 Å². The van der Waals surface area contributed by atoms with E-state index in [2.05, 4.69) is 18.7 Å². The van der Waals surface area contributed by atoms with Gasteiger partial charge in [-0.25, -0.2) is 0 Å². The zero-order valence-corrected chi connectivity index (χ0v) is 7.72. The van der Waals surface area contributed by atoms with E-state index in [1.165, 1.54) is 5.57 Å². The Bertz CT molecular complexity index is 286. The average molecular weight is 156 g/mol. The molecule has 0 atom stereocenters. The molecule has 0 unspecified atom stereocenters. The van der Waals surface area contributed by atoms with Crippen LogP contribution in [0.5, 0.6) is 0 Å². The second-order valence-corrected chi connectivity index (χ2v) is 3.05. The van der Waals surface area contributed by atoms with E-state index in [0.29, 0.717) is 0 Å². The maximum Gasteiger partial charge on any atom is 0.108 e. The Balaban J connectivity index is 3.05. The lowest BCUT2D eigenvalue weighted by molar-refractivity contribution is 1.02. The zero-order chi connectivity index (χ0) is 8.97. The minimum atomic E-state index is 0.954. The molecule has 0 N–H and O–H groups in total. The third kappa shape index (κ3) is 2.28. The van der Waals surface area contributed by atoms with Crippen molar-refractivity contribution in [2.24, 2.45) is 0 Å². The molecule has 0 bridgehead atoms. The van der Waals surface area contributed by atoms with Gasteiger partial charge in [0.2, 0.25) is 0 Å². The molecule has 12 heavy (non-hydrogen) atoms. The van der Waals surface area contributed by atoms with Crippen molar-refractivity contribution in [3.05, 3.63) is 40.6 Å². The van der Waals surface area contributed by atoms with Gasteiger partial charge in [0.05, 0.1) is 0 Å². The molecular weight excluding hydrogens is 143 g/mol. The molecule has 0 nitrogen and oxygen atoms in total. The Morgan fingerprint density at radius 2 is 2.17 bits per heavy atom. The third-order valence-corrected chi connectivity index (χ3v) is 2.16. The van der Waals surface area contributed by atoms with Crippen LogP contribution in [0.2, 0.25) is 0 Å². The van der Waals surface area contributed by atoms with Crippen LogP contribution in [0.3, 0.4) is 0 Å². The minimum absolute atomic E-state index is 0.954. The normalized spacial score (nSPS) is 27.0. The molecule has 60 valence electrons. The molecule has 0 saturated carbocycles. The SMILES string of the molecule is [B]/C1=C(/C)C(C)=C=C/C=C\CC1. The van der Waals surface area contributed by atoms with Crippen LogP contribution in [0, 0.1) is 0 Å². The van der Waals surface area contributed by atoms with E-state index in [1.54, 1.807) is 0 Å². The summed E-state index contributed by atoms with van der Waals surface area (Å²) in [4.78, 5) is 0. The summed E-state index contributed by atoms with van der Waals surface area (Å²) < 4.78 is 0. The second kappa shape index (κ2) is 4.18. The Hall–Kier alpha value is -0.935. The van der Waals surface area contributed by atoms with Crippen molar-refractivity contribution < 1.29 is 0 Å². The van der Waals surface area contributed by atoms with Crippen LogP contribution in [-0.2, 0) is 0 Å². The Morgan fingerprint density at radius 1 is 1.42 bits per heavy atom. The molecule has 0 fully saturated rings. The molecule has 2 radical (unpaired) electrons. The Labute approximate surface area is 75.8 Å². The van der Waals surface area contributed by atoms with Gasteiger partial charge in [0.15, 0.2) is 0 Å². The number of allylic oxidation sites excluding steroid dienone is 5. The fourth-order valence-electron chi connectivity index (χ4n) is 1.11. The van der Waals surface area contributed by atoms with Gasteiger partial charge in [-0.1, -0.05) is 17.7 Å². The molecular formula is C11H13B. The van der Waals surface area contributed by atoms with E-state index in [1.807, 2.05) is 19.1 Å². The average Bonchev–Trinajstić information content (AvgIpc) is 2.12. The van der Waals surface area contributed by atoms with Gasteiger partial charge in [-0.05, 0) is 38.3 Å². The van der Waals surface area contributed by atoms with Crippen LogP contribution in [0.15, 0.2) is 40.6 Å². The second-order valence-electron chi connectivity index (χ2n) is 3.05. The van der Waals surface area contributed by atoms with Gasteiger partial charge in [0.25, 0.3) is 0 Å². The van der Waals surface area contributed by atoms with Crippen molar-refractivity contribution >= 4 is 7.85 Å². The molecule has 0 aromatic heterocycles. The first-order chi connectivity index (χ1) is 5.72. The topological polar surface area (TPSA) is 0 Å². The molecule has 0 amide bonds. The van der Waals surface area contributed by atoms with Gasteiger partial charge in [-0.3, -0.25) is 0 Å². The van der Waals surface area contributed by atoms with Crippen LogP contribution in [0.25, 0.3) is 0 Å². The molecule has 0 spiro atoms. The monoisotopic (exact) mass is 156 g/mol. The highest BCUT2D eigenvalue weighted by Gasteiger charge is 1.98. The van der Waals surface area contributed by atoms with Crippen LogP contribution >= 0.6 is 0 Å². The molecule has 0 saturated heterocycles. The first kappa shape index (κ1) is 9.16. The van der Waals surface area contributed by atoms with Crippen molar-refractivity contribution in [2.45, 2.75) is 26.7 Å². The minimum Gasteiger partial charge on any atom is -0.117 e. The predicted octanol–water partition coefficient (Wildman–Crippen LogP) is 2.88. The van der Waals surface area contributed by atoms with Gasteiger partial charge in [0.1, 0.15) is 7.85 Å². The van der Waals surface area contributed by atoms with Crippen molar-refractivity contribution in [1.82, 2.24) is 0 Å². The summed E-state index contributed by atoms with van der Waals surface area (Å²) in [7, 11) is 5.88. The van der Waals surface area contributed by atoms with E-state index in [-0.39, 0.29) is 0 Å². The standard InChI is InChI=1S/C11H13B/c1-9-7-5-3-4-6-8-11(12)10(9)2/h3-5H,6,8H2,1-2H3/b4-3-,11-10-. The summed E-state index contributed by atoms with van der Waals surface area (Å²) in [6, 6.07) is 0. The van der Waals surface area contributed by atoms with E-state index in [9.17, 15) is 0 Å². The fourth-order valence-corrected chi connectivity index (χ4v) is 1.11.